The SMILES string of the molecule is Cc1cc(S(C)(=O)=O)ccc1C1CNCCO1. The second kappa shape index (κ2) is 4.76. The molecule has 1 fully saturated rings. The molecule has 94 valence electrons. The Bertz CT molecular complexity index is 504. The topological polar surface area (TPSA) is 55.4 Å². The molecule has 1 saturated heterocycles. The van der Waals surface area contributed by atoms with Gasteiger partial charge in [0, 0.05) is 19.3 Å². The normalized spacial score (nSPS) is 21.4. The summed E-state index contributed by atoms with van der Waals surface area (Å²) in [4.78, 5) is 0.363. The van der Waals surface area contributed by atoms with Crippen molar-refractivity contribution < 1.29 is 13.2 Å². The molecular weight excluding hydrogens is 238 g/mol. The van der Waals surface area contributed by atoms with Gasteiger partial charge in [-0.2, -0.15) is 0 Å². The number of nitrogens with one attached hydrogen (secondary N) is 1. The largest absolute Gasteiger partial charge is 0.371 e. The Morgan fingerprint density at radius 2 is 2.18 bits per heavy atom. The minimum absolute atomic E-state index is 0.0253. The summed E-state index contributed by atoms with van der Waals surface area (Å²) in [5.41, 5.74) is 2.02. The maximum atomic E-state index is 11.4. The molecule has 0 saturated carbocycles. The van der Waals surface area contributed by atoms with E-state index in [4.69, 9.17) is 4.74 Å². The van der Waals surface area contributed by atoms with Crippen molar-refractivity contribution >= 4 is 9.84 Å². The van der Waals surface area contributed by atoms with Crippen LogP contribution in [0.1, 0.15) is 17.2 Å². The highest BCUT2D eigenvalue weighted by Crippen LogP contribution is 2.24. The molecule has 1 N–H and O–H groups in total. The molecular formula is C12H17NO3S. The molecule has 1 aromatic carbocycles. The first-order valence-corrected chi connectivity index (χ1v) is 7.50. The summed E-state index contributed by atoms with van der Waals surface area (Å²) in [6.07, 6.45) is 1.25. The Kier molecular flexibility index (Phi) is 3.51. The number of morpholine rings is 1. The predicted octanol–water partition coefficient (Wildman–Crippen LogP) is 1.06. The van der Waals surface area contributed by atoms with E-state index in [1.165, 1.54) is 6.26 Å². The van der Waals surface area contributed by atoms with E-state index < -0.39 is 9.84 Å². The smallest absolute Gasteiger partial charge is 0.175 e. The molecule has 0 radical (unpaired) electrons. The van der Waals surface area contributed by atoms with E-state index in [0.717, 1.165) is 24.2 Å². The van der Waals surface area contributed by atoms with E-state index in [1.54, 1.807) is 12.1 Å². The Labute approximate surface area is 102 Å². The van der Waals surface area contributed by atoms with Crippen molar-refractivity contribution in [1.29, 1.82) is 0 Å². The second-order valence-corrected chi connectivity index (χ2v) is 6.37. The average Bonchev–Trinajstić information content (AvgIpc) is 2.29. The summed E-state index contributed by atoms with van der Waals surface area (Å²) in [5, 5.41) is 3.26. The first kappa shape index (κ1) is 12.5. The number of benzene rings is 1. The zero-order valence-corrected chi connectivity index (χ0v) is 10.9. The third kappa shape index (κ3) is 2.86. The van der Waals surface area contributed by atoms with Crippen LogP contribution in [0, 0.1) is 6.92 Å². The van der Waals surface area contributed by atoms with Crippen LogP contribution in [-0.4, -0.2) is 34.4 Å². The number of ether oxygens (including phenoxy) is 1. The standard InChI is InChI=1S/C12H17NO3S/c1-9-7-10(17(2,14)15)3-4-11(9)12-8-13-5-6-16-12/h3-4,7,12-13H,5-6,8H2,1-2H3. The lowest BCUT2D eigenvalue weighted by molar-refractivity contribution is 0.0273. The summed E-state index contributed by atoms with van der Waals surface area (Å²) < 4.78 is 28.5. The van der Waals surface area contributed by atoms with Crippen molar-refractivity contribution in [3.8, 4) is 0 Å². The maximum Gasteiger partial charge on any atom is 0.175 e. The van der Waals surface area contributed by atoms with Crippen LogP contribution in [0.5, 0.6) is 0 Å². The van der Waals surface area contributed by atoms with Crippen LogP contribution in [0.2, 0.25) is 0 Å². The predicted molar refractivity (Wildman–Crippen MR) is 65.9 cm³/mol. The van der Waals surface area contributed by atoms with Gasteiger partial charge in [0.1, 0.15) is 0 Å². The third-order valence-corrected chi connectivity index (χ3v) is 4.05. The van der Waals surface area contributed by atoms with Gasteiger partial charge in [0.2, 0.25) is 0 Å². The monoisotopic (exact) mass is 255 g/mol. The summed E-state index contributed by atoms with van der Waals surface area (Å²) in [6.45, 7) is 4.26. The van der Waals surface area contributed by atoms with Crippen LogP contribution >= 0.6 is 0 Å². The van der Waals surface area contributed by atoms with Gasteiger partial charge < -0.3 is 10.1 Å². The van der Waals surface area contributed by atoms with E-state index in [2.05, 4.69) is 5.32 Å². The lowest BCUT2D eigenvalue weighted by Crippen LogP contribution is -2.33. The summed E-state index contributed by atoms with van der Waals surface area (Å²) >= 11 is 0. The van der Waals surface area contributed by atoms with Gasteiger partial charge in [0.25, 0.3) is 0 Å². The molecule has 1 aromatic rings. The molecule has 1 aliphatic heterocycles. The maximum absolute atomic E-state index is 11.4. The van der Waals surface area contributed by atoms with Gasteiger partial charge in [0.05, 0.1) is 17.6 Å². The lowest BCUT2D eigenvalue weighted by atomic mass is 10.0. The summed E-state index contributed by atoms with van der Waals surface area (Å²) in [7, 11) is -3.13. The van der Waals surface area contributed by atoms with Crippen molar-refractivity contribution in [2.45, 2.75) is 17.9 Å². The number of sulfone groups is 1. The van der Waals surface area contributed by atoms with Crippen molar-refractivity contribution in [2.75, 3.05) is 26.0 Å². The summed E-state index contributed by atoms with van der Waals surface area (Å²) in [5.74, 6) is 0. The van der Waals surface area contributed by atoms with Gasteiger partial charge in [0.15, 0.2) is 9.84 Å². The molecule has 0 aliphatic carbocycles. The van der Waals surface area contributed by atoms with Gasteiger partial charge in [-0.15, -0.1) is 0 Å². The molecule has 1 aliphatic rings. The van der Waals surface area contributed by atoms with Crippen LogP contribution in [0.15, 0.2) is 23.1 Å². The lowest BCUT2D eigenvalue weighted by Gasteiger charge is -2.25. The Morgan fingerprint density at radius 1 is 1.41 bits per heavy atom. The number of rotatable bonds is 2. The highest BCUT2D eigenvalue weighted by molar-refractivity contribution is 7.90. The Morgan fingerprint density at radius 3 is 2.71 bits per heavy atom. The second-order valence-electron chi connectivity index (χ2n) is 4.35. The van der Waals surface area contributed by atoms with Crippen molar-refractivity contribution in [2.24, 2.45) is 0 Å². The zero-order chi connectivity index (χ0) is 12.5. The average molecular weight is 255 g/mol. The minimum atomic E-state index is -3.13. The molecule has 0 bridgehead atoms. The number of aryl methyl sites for hydroxylation is 1. The minimum Gasteiger partial charge on any atom is -0.371 e. The summed E-state index contributed by atoms with van der Waals surface area (Å²) in [6, 6.07) is 5.21. The van der Waals surface area contributed by atoms with Crippen LogP contribution < -0.4 is 5.32 Å². The van der Waals surface area contributed by atoms with Crippen molar-refractivity contribution in [1.82, 2.24) is 5.32 Å². The molecule has 0 amide bonds. The first-order valence-electron chi connectivity index (χ1n) is 5.61. The fourth-order valence-corrected chi connectivity index (χ4v) is 2.71. The van der Waals surface area contributed by atoms with E-state index in [1.807, 2.05) is 13.0 Å². The molecule has 17 heavy (non-hydrogen) atoms. The highest BCUT2D eigenvalue weighted by Gasteiger charge is 2.18. The van der Waals surface area contributed by atoms with E-state index in [0.29, 0.717) is 11.5 Å². The molecule has 1 atom stereocenters. The quantitative estimate of drug-likeness (QED) is 0.858. The molecule has 1 heterocycles. The fourth-order valence-electron chi connectivity index (χ4n) is 2.01. The Balaban J connectivity index is 2.31. The van der Waals surface area contributed by atoms with Crippen molar-refractivity contribution in [3.05, 3.63) is 29.3 Å². The van der Waals surface area contributed by atoms with Crippen molar-refractivity contribution in [3.63, 3.8) is 0 Å². The van der Waals surface area contributed by atoms with Gasteiger partial charge in [-0.1, -0.05) is 6.07 Å². The van der Waals surface area contributed by atoms with Gasteiger partial charge in [-0.3, -0.25) is 0 Å². The molecule has 1 unspecified atom stereocenters. The van der Waals surface area contributed by atoms with Crippen LogP contribution in [0.25, 0.3) is 0 Å². The molecule has 2 rings (SSSR count). The van der Waals surface area contributed by atoms with E-state index in [-0.39, 0.29) is 6.10 Å². The van der Waals surface area contributed by atoms with Crippen LogP contribution in [-0.2, 0) is 14.6 Å². The number of hydrogen-bond acceptors (Lipinski definition) is 4. The zero-order valence-electron chi connectivity index (χ0n) is 10.1. The number of hydrogen-bond donors (Lipinski definition) is 1. The molecule has 0 aromatic heterocycles. The highest BCUT2D eigenvalue weighted by atomic mass is 32.2. The fraction of sp³-hybridized carbons (Fsp3) is 0.500. The van der Waals surface area contributed by atoms with Gasteiger partial charge in [-0.25, -0.2) is 8.42 Å². The molecule has 5 heteroatoms. The van der Waals surface area contributed by atoms with E-state index >= 15 is 0 Å². The first-order chi connectivity index (χ1) is 7.98. The van der Waals surface area contributed by atoms with Crippen LogP contribution in [0.4, 0.5) is 0 Å². The molecule has 0 spiro atoms. The van der Waals surface area contributed by atoms with Gasteiger partial charge in [-0.05, 0) is 30.2 Å². The van der Waals surface area contributed by atoms with E-state index in [9.17, 15) is 8.42 Å². The molecule has 4 nitrogen and oxygen atoms in total. The van der Waals surface area contributed by atoms with Gasteiger partial charge >= 0.3 is 0 Å². The third-order valence-electron chi connectivity index (χ3n) is 2.94. The van der Waals surface area contributed by atoms with Crippen LogP contribution in [0.3, 0.4) is 0 Å². The Hall–Kier alpha value is -0.910.